The van der Waals surface area contributed by atoms with E-state index in [2.05, 4.69) is 12.2 Å². The summed E-state index contributed by atoms with van der Waals surface area (Å²) in [5, 5.41) is 3.20. The van der Waals surface area contributed by atoms with Gasteiger partial charge in [0.05, 0.1) is 0 Å². The minimum atomic E-state index is 1.15. The second kappa shape index (κ2) is 8.96. The van der Waals surface area contributed by atoms with Gasteiger partial charge in [-0.05, 0) is 19.9 Å². The fourth-order valence-electron chi connectivity index (χ4n) is 0.975. The Morgan fingerprint density at radius 2 is 1.80 bits per heavy atom. The number of nitrogens with one attached hydrogen (secondary N) is 1. The quantitative estimate of drug-likeness (QED) is 0.539. The zero-order valence-electron chi connectivity index (χ0n) is 7.32. The van der Waals surface area contributed by atoms with Crippen molar-refractivity contribution in [3.63, 3.8) is 0 Å². The van der Waals surface area contributed by atoms with Crippen molar-refractivity contribution in [2.45, 2.75) is 46.0 Å². The Morgan fingerprint density at radius 3 is 2.40 bits per heavy atom. The van der Waals surface area contributed by atoms with E-state index < -0.39 is 0 Å². The molecule has 0 aromatic carbocycles. The molecule has 1 N–H and O–H groups in total. The van der Waals surface area contributed by atoms with Crippen molar-refractivity contribution >= 4 is 0 Å². The van der Waals surface area contributed by atoms with Crippen molar-refractivity contribution in [3.8, 4) is 0 Å². The van der Waals surface area contributed by atoms with E-state index in [1.807, 2.05) is 13.5 Å². The van der Waals surface area contributed by atoms with Crippen LogP contribution in [0.3, 0.4) is 0 Å². The van der Waals surface area contributed by atoms with Crippen LogP contribution < -0.4 is 5.32 Å². The maximum Gasteiger partial charge on any atom is 0.0190 e. The Kier molecular flexibility index (Phi) is 8.92. The Labute approximate surface area is 65.2 Å². The maximum atomic E-state index is 3.20. The van der Waals surface area contributed by atoms with Gasteiger partial charge in [0, 0.05) is 6.54 Å². The highest BCUT2D eigenvalue weighted by molar-refractivity contribution is 4.52. The number of unbranched alkanes of at least 4 members (excludes halogenated alkanes) is 4. The number of hydrogen-bond donors (Lipinski definition) is 1. The monoisotopic (exact) mass is 142 g/mol. The van der Waals surface area contributed by atoms with E-state index in [0.29, 0.717) is 0 Å². The summed E-state index contributed by atoms with van der Waals surface area (Å²) in [6.45, 7) is 7.45. The molecule has 0 saturated carbocycles. The minimum Gasteiger partial charge on any atom is -0.313 e. The van der Waals surface area contributed by atoms with Gasteiger partial charge in [-0.3, -0.25) is 0 Å². The molecular formula is C9H20N. The van der Waals surface area contributed by atoms with Crippen molar-refractivity contribution in [2.24, 2.45) is 0 Å². The first-order valence-electron chi connectivity index (χ1n) is 4.43. The first kappa shape index (κ1) is 9.96. The van der Waals surface area contributed by atoms with E-state index in [9.17, 15) is 0 Å². The molecule has 0 aliphatic heterocycles. The van der Waals surface area contributed by atoms with E-state index in [1.165, 1.54) is 32.1 Å². The zero-order valence-corrected chi connectivity index (χ0v) is 7.32. The fraction of sp³-hybridized carbons (Fsp3) is 0.889. The lowest BCUT2D eigenvalue weighted by Crippen LogP contribution is -2.08. The second-order valence-corrected chi connectivity index (χ2v) is 2.66. The van der Waals surface area contributed by atoms with Gasteiger partial charge in [-0.1, -0.05) is 32.6 Å². The molecule has 0 aromatic rings. The van der Waals surface area contributed by atoms with Crippen LogP contribution in [0.25, 0.3) is 0 Å². The molecule has 0 rings (SSSR count). The summed E-state index contributed by atoms with van der Waals surface area (Å²) in [6.07, 6.45) is 6.85. The zero-order chi connectivity index (χ0) is 7.66. The Bertz CT molecular complexity index is 44.7. The van der Waals surface area contributed by atoms with Crippen molar-refractivity contribution in [2.75, 3.05) is 6.54 Å². The summed E-state index contributed by atoms with van der Waals surface area (Å²) in [7, 11) is 0. The van der Waals surface area contributed by atoms with Crippen molar-refractivity contribution in [3.05, 3.63) is 6.54 Å². The average Bonchev–Trinajstić information content (AvgIpc) is 1.97. The lowest BCUT2D eigenvalue weighted by Gasteiger charge is -1.99. The highest BCUT2D eigenvalue weighted by Crippen LogP contribution is 2.00. The topological polar surface area (TPSA) is 12.0 Å². The molecule has 0 atom stereocenters. The summed E-state index contributed by atoms with van der Waals surface area (Å²) >= 11 is 0. The van der Waals surface area contributed by atoms with E-state index in [-0.39, 0.29) is 0 Å². The van der Waals surface area contributed by atoms with E-state index in [0.717, 1.165) is 6.54 Å². The van der Waals surface area contributed by atoms with Gasteiger partial charge >= 0.3 is 0 Å². The van der Waals surface area contributed by atoms with Crippen LogP contribution in [0.15, 0.2) is 0 Å². The Balaban J connectivity index is 2.65. The van der Waals surface area contributed by atoms with Crippen molar-refractivity contribution in [1.29, 1.82) is 0 Å². The number of hydrogen-bond acceptors (Lipinski definition) is 1. The van der Waals surface area contributed by atoms with E-state index in [1.54, 1.807) is 0 Å². The molecule has 0 heterocycles. The first-order valence-corrected chi connectivity index (χ1v) is 4.43. The predicted molar refractivity (Wildman–Crippen MR) is 46.7 cm³/mol. The fourth-order valence-corrected chi connectivity index (χ4v) is 0.975. The third-order valence-electron chi connectivity index (χ3n) is 1.63. The molecule has 0 aromatic heterocycles. The normalized spacial score (nSPS) is 10.2. The Hall–Kier alpha value is -0.0400. The summed E-state index contributed by atoms with van der Waals surface area (Å²) in [5.41, 5.74) is 0. The first-order chi connectivity index (χ1) is 4.91. The summed E-state index contributed by atoms with van der Waals surface area (Å²) in [6, 6.07) is 0. The molecule has 0 bridgehead atoms. The van der Waals surface area contributed by atoms with Crippen LogP contribution in [0, 0.1) is 6.54 Å². The SMILES string of the molecule is C[CH]NCCCCCCC. The average molecular weight is 142 g/mol. The third-order valence-corrected chi connectivity index (χ3v) is 1.63. The maximum absolute atomic E-state index is 3.20. The summed E-state index contributed by atoms with van der Waals surface area (Å²) < 4.78 is 0. The van der Waals surface area contributed by atoms with E-state index in [4.69, 9.17) is 0 Å². The van der Waals surface area contributed by atoms with Gasteiger partial charge in [0.15, 0.2) is 0 Å². The van der Waals surface area contributed by atoms with Crippen LogP contribution >= 0.6 is 0 Å². The third kappa shape index (κ3) is 7.96. The van der Waals surface area contributed by atoms with Crippen LogP contribution in [0.2, 0.25) is 0 Å². The Morgan fingerprint density at radius 1 is 1.10 bits per heavy atom. The van der Waals surface area contributed by atoms with Crippen LogP contribution in [-0.2, 0) is 0 Å². The molecular weight excluding hydrogens is 122 g/mol. The minimum absolute atomic E-state index is 1.15. The van der Waals surface area contributed by atoms with Gasteiger partial charge in [0.25, 0.3) is 0 Å². The van der Waals surface area contributed by atoms with Gasteiger partial charge in [0.1, 0.15) is 0 Å². The number of rotatable bonds is 7. The molecule has 0 unspecified atom stereocenters. The molecule has 0 aliphatic rings. The van der Waals surface area contributed by atoms with Crippen LogP contribution in [0.1, 0.15) is 46.0 Å². The molecule has 0 amide bonds. The van der Waals surface area contributed by atoms with Crippen LogP contribution in [0.4, 0.5) is 0 Å². The molecule has 1 nitrogen and oxygen atoms in total. The largest absolute Gasteiger partial charge is 0.313 e. The molecule has 1 radical (unpaired) electrons. The lowest BCUT2D eigenvalue weighted by atomic mass is 10.1. The molecule has 10 heavy (non-hydrogen) atoms. The van der Waals surface area contributed by atoms with Gasteiger partial charge < -0.3 is 5.32 Å². The molecule has 1 heteroatoms. The highest BCUT2D eigenvalue weighted by atomic mass is 14.8. The molecule has 0 spiro atoms. The standard InChI is InChI=1S/C9H20N/c1-3-5-6-7-8-9-10-4-2/h4,10H,3,5-9H2,1-2H3. The lowest BCUT2D eigenvalue weighted by molar-refractivity contribution is 0.610. The smallest absolute Gasteiger partial charge is 0.0190 e. The summed E-state index contributed by atoms with van der Waals surface area (Å²) in [5.74, 6) is 0. The van der Waals surface area contributed by atoms with Crippen molar-refractivity contribution in [1.82, 2.24) is 5.32 Å². The van der Waals surface area contributed by atoms with Crippen molar-refractivity contribution < 1.29 is 0 Å². The molecule has 61 valence electrons. The van der Waals surface area contributed by atoms with Gasteiger partial charge in [-0.15, -0.1) is 0 Å². The second-order valence-electron chi connectivity index (χ2n) is 2.66. The van der Waals surface area contributed by atoms with Gasteiger partial charge in [-0.2, -0.15) is 0 Å². The molecule has 0 aliphatic carbocycles. The summed E-state index contributed by atoms with van der Waals surface area (Å²) in [4.78, 5) is 0. The molecule has 0 saturated heterocycles. The predicted octanol–water partition coefficient (Wildman–Crippen LogP) is 2.73. The van der Waals surface area contributed by atoms with Crippen LogP contribution in [0.5, 0.6) is 0 Å². The molecule has 0 fully saturated rings. The van der Waals surface area contributed by atoms with Gasteiger partial charge in [-0.25, -0.2) is 0 Å². The van der Waals surface area contributed by atoms with E-state index >= 15 is 0 Å². The highest BCUT2D eigenvalue weighted by Gasteiger charge is 1.86. The van der Waals surface area contributed by atoms with Crippen LogP contribution in [-0.4, -0.2) is 6.54 Å². The van der Waals surface area contributed by atoms with Gasteiger partial charge in [0.2, 0.25) is 0 Å².